The van der Waals surface area contributed by atoms with E-state index in [0.717, 1.165) is 12.1 Å². The lowest BCUT2D eigenvalue weighted by atomic mass is 9.69. The molecule has 0 fully saturated rings. The third kappa shape index (κ3) is 1.83. The molecular weight excluding hydrogens is 261 g/mol. The number of nitrogens with zero attached hydrogens (tertiary/aromatic N) is 2. The Morgan fingerprint density at radius 3 is 2.65 bits per heavy atom. The number of carbonyl (C=O) groups excluding carboxylic acids is 2. The molecule has 1 aromatic carbocycles. The quantitative estimate of drug-likeness (QED) is 0.904. The summed E-state index contributed by atoms with van der Waals surface area (Å²) in [4.78, 5) is 23.8. The highest BCUT2D eigenvalue weighted by molar-refractivity contribution is 6.09. The summed E-state index contributed by atoms with van der Waals surface area (Å²) in [7, 11) is 0. The van der Waals surface area contributed by atoms with Gasteiger partial charge in [-0.25, -0.2) is 4.39 Å². The second-order valence-electron chi connectivity index (χ2n) is 4.69. The summed E-state index contributed by atoms with van der Waals surface area (Å²) >= 11 is 0. The zero-order valence-corrected chi connectivity index (χ0v) is 10.6. The van der Waals surface area contributed by atoms with Crippen LogP contribution >= 0.6 is 0 Å². The van der Waals surface area contributed by atoms with Gasteiger partial charge in [0.05, 0.1) is 12.1 Å². The van der Waals surface area contributed by atoms with E-state index in [9.17, 15) is 14.0 Å². The van der Waals surface area contributed by atoms with Crippen LogP contribution in [0.1, 0.15) is 18.9 Å². The number of Topliss-reactive ketones (excluding diaryl/α,β-unsaturated/α-hetero) is 1. The fraction of sp³-hybridized carbons (Fsp3) is 0.286. The van der Waals surface area contributed by atoms with E-state index >= 15 is 0 Å². The first-order valence-corrected chi connectivity index (χ1v) is 5.86. The van der Waals surface area contributed by atoms with E-state index in [2.05, 4.69) is 5.32 Å². The van der Waals surface area contributed by atoms with Crippen LogP contribution in [0.2, 0.25) is 0 Å². The molecule has 6 heteroatoms. The number of benzene rings is 1. The lowest BCUT2D eigenvalue weighted by molar-refractivity contribution is -0.127. The van der Waals surface area contributed by atoms with Crippen LogP contribution in [0.3, 0.4) is 0 Å². The third-order valence-corrected chi connectivity index (χ3v) is 3.39. The number of carbonyl (C=O) groups is 2. The Bertz CT molecular complexity index is 673. The van der Waals surface area contributed by atoms with Gasteiger partial charge in [-0.05, 0) is 30.7 Å². The van der Waals surface area contributed by atoms with Gasteiger partial charge in [0, 0.05) is 12.1 Å². The third-order valence-electron chi connectivity index (χ3n) is 3.39. The van der Waals surface area contributed by atoms with Gasteiger partial charge in [0.25, 0.3) is 0 Å². The normalized spacial score (nSPS) is 19.9. The average Bonchev–Trinajstić information content (AvgIpc) is 2.64. The molecule has 0 saturated carbocycles. The summed E-state index contributed by atoms with van der Waals surface area (Å²) in [6.45, 7) is 1.26. The molecular formula is C14H10FN3O2. The van der Waals surface area contributed by atoms with Crippen LogP contribution in [0.5, 0.6) is 0 Å². The van der Waals surface area contributed by atoms with Gasteiger partial charge in [0.1, 0.15) is 17.0 Å². The second kappa shape index (κ2) is 4.75. The van der Waals surface area contributed by atoms with Crippen LogP contribution in [0, 0.1) is 34.4 Å². The number of nitrogens with one attached hydrogen (secondary N) is 1. The van der Waals surface area contributed by atoms with Crippen LogP contribution in [-0.2, 0) is 15.0 Å². The Morgan fingerprint density at radius 2 is 2.10 bits per heavy atom. The molecule has 1 atom stereocenters. The number of ketones is 1. The zero-order valence-electron chi connectivity index (χ0n) is 10.6. The smallest absolute Gasteiger partial charge is 0.238 e. The largest absolute Gasteiger partial charge is 0.325 e. The van der Waals surface area contributed by atoms with Gasteiger partial charge in [-0.3, -0.25) is 9.59 Å². The van der Waals surface area contributed by atoms with Crippen LogP contribution in [0.25, 0.3) is 0 Å². The summed E-state index contributed by atoms with van der Waals surface area (Å²) in [5.74, 6) is -2.94. The fourth-order valence-electron chi connectivity index (χ4n) is 2.56. The van der Waals surface area contributed by atoms with Crippen molar-refractivity contribution in [3.05, 3.63) is 29.6 Å². The summed E-state index contributed by atoms with van der Waals surface area (Å²) in [5, 5.41) is 20.7. The van der Waals surface area contributed by atoms with Gasteiger partial charge in [0.15, 0.2) is 5.92 Å². The SMILES string of the molecule is CC(=O)C[C@]1(C(C#N)C#N)C(=O)Nc2ccc(F)cc21. The molecule has 0 spiro atoms. The van der Waals surface area contributed by atoms with E-state index in [1.165, 1.54) is 13.0 Å². The highest BCUT2D eigenvalue weighted by Gasteiger charge is 2.54. The van der Waals surface area contributed by atoms with Crippen LogP contribution in [0.4, 0.5) is 10.1 Å². The van der Waals surface area contributed by atoms with Gasteiger partial charge in [-0.2, -0.15) is 10.5 Å². The first kappa shape index (κ1) is 13.7. The predicted molar refractivity (Wildman–Crippen MR) is 66.7 cm³/mol. The Labute approximate surface area is 114 Å². The van der Waals surface area contributed by atoms with Gasteiger partial charge < -0.3 is 5.32 Å². The molecule has 1 aliphatic heterocycles. The molecule has 1 amide bonds. The minimum Gasteiger partial charge on any atom is -0.325 e. The van der Waals surface area contributed by atoms with E-state index in [-0.39, 0.29) is 17.8 Å². The van der Waals surface area contributed by atoms with Crippen LogP contribution < -0.4 is 5.32 Å². The Balaban J connectivity index is 2.73. The molecule has 1 aliphatic rings. The van der Waals surface area contributed by atoms with Crippen molar-refractivity contribution in [2.24, 2.45) is 5.92 Å². The fourth-order valence-corrected chi connectivity index (χ4v) is 2.56. The topological polar surface area (TPSA) is 93.8 Å². The molecule has 1 heterocycles. The number of nitriles is 2. The summed E-state index contributed by atoms with van der Waals surface area (Å²) in [5.41, 5.74) is -1.13. The number of rotatable bonds is 3. The van der Waals surface area contributed by atoms with E-state index in [1.807, 2.05) is 0 Å². The maximum Gasteiger partial charge on any atom is 0.238 e. The number of hydrogen-bond donors (Lipinski definition) is 1. The molecule has 5 nitrogen and oxygen atoms in total. The first-order valence-electron chi connectivity index (χ1n) is 5.86. The van der Waals surface area contributed by atoms with Crippen molar-refractivity contribution >= 4 is 17.4 Å². The molecule has 0 bridgehead atoms. The number of hydrogen-bond acceptors (Lipinski definition) is 4. The van der Waals surface area contributed by atoms with Crippen molar-refractivity contribution < 1.29 is 14.0 Å². The maximum atomic E-state index is 13.5. The lowest BCUT2D eigenvalue weighted by Crippen LogP contribution is -2.42. The number of fused-ring (bicyclic) bond motifs is 1. The first-order chi connectivity index (χ1) is 9.45. The summed E-state index contributed by atoms with van der Waals surface area (Å²) in [6, 6.07) is 7.08. The monoisotopic (exact) mass is 271 g/mol. The van der Waals surface area contributed by atoms with Crippen molar-refractivity contribution in [3.8, 4) is 12.1 Å². The van der Waals surface area contributed by atoms with Crippen LogP contribution in [0.15, 0.2) is 18.2 Å². The van der Waals surface area contributed by atoms with Gasteiger partial charge in [-0.1, -0.05) is 0 Å². The van der Waals surface area contributed by atoms with Crippen molar-refractivity contribution in [3.63, 3.8) is 0 Å². The van der Waals surface area contributed by atoms with E-state index < -0.39 is 23.1 Å². The average molecular weight is 271 g/mol. The Hall–Kier alpha value is -2.73. The van der Waals surface area contributed by atoms with Crippen molar-refractivity contribution in [1.82, 2.24) is 0 Å². The molecule has 0 radical (unpaired) electrons. The highest BCUT2D eigenvalue weighted by Crippen LogP contribution is 2.45. The predicted octanol–water partition coefficient (Wildman–Crippen LogP) is 1.66. The minimum absolute atomic E-state index is 0.186. The van der Waals surface area contributed by atoms with Gasteiger partial charge in [0.2, 0.25) is 5.91 Å². The van der Waals surface area contributed by atoms with Crippen molar-refractivity contribution in [1.29, 1.82) is 10.5 Å². The molecule has 1 N–H and O–H groups in total. The molecule has 0 saturated heterocycles. The standard InChI is InChI=1S/C14H10FN3O2/c1-8(19)5-14(9(6-16)7-17)11-4-10(15)2-3-12(11)18-13(14)20/h2-4,9H,5H2,1H3,(H,18,20)/t14-/m1/s1. The molecule has 2 rings (SSSR count). The summed E-state index contributed by atoms with van der Waals surface area (Å²) < 4.78 is 13.5. The number of halogens is 1. The van der Waals surface area contributed by atoms with E-state index in [1.54, 1.807) is 12.1 Å². The molecule has 100 valence electrons. The summed E-state index contributed by atoms with van der Waals surface area (Å²) in [6.07, 6.45) is -0.318. The van der Waals surface area contributed by atoms with Gasteiger partial charge in [-0.15, -0.1) is 0 Å². The number of amides is 1. The van der Waals surface area contributed by atoms with E-state index in [4.69, 9.17) is 10.5 Å². The maximum absolute atomic E-state index is 13.5. The zero-order chi connectivity index (χ0) is 14.9. The Kier molecular flexibility index (Phi) is 3.25. The van der Waals surface area contributed by atoms with Crippen LogP contribution in [-0.4, -0.2) is 11.7 Å². The Morgan fingerprint density at radius 1 is 1.45 bits per heavy atom. The highest BCUT2D eigenvalue weighted by atomic mass is 19.1. The molecule has 0 aliphatic carbocycles. The minimum atomic E-state index is -1.65. The van der Waals surface area contributed by atoms with E-state index in [0.29, 0.717) is 5.69 Å². The molecule has 0 unspecified atom stereocenters. The molecule has 1 aromatic rings. The second-order valence-corrected chi connectivity index (χ2v) is 4.69. The molecule has 20 heavy (non-hydrogen) atoms. The van der Waals surface area contributed by atoms with Crippen molar-refractivity contribution in [2.45, 2.75) is 18.8 Å². The molecule has 0 aromatic heterocycles. The lowest BCUT2D eigenvalue weighted by Gasteiger charge is -2.26. The number of anilines is 1. The van der Waals surface area contributed by atoms with Crippen molar-refractivity contribution in [2.75, 3.05) is 5.32 Å². The van der Waals surface area contributed by atoms with Gasteiger partial charge >= 0.3 is 0 Å².